The van der Waals surface area contributed by atoms with E-state index in [4.69, 9.17) is 0 Å². The van der Waals surface area contributed by atoms with Crippen molar-refractivity contribution in [2.24, 2.45) is 5.10 Å². The first kappa shape index (κ1) is 15.8. The molecular formula is C17H17N3OS2. The van der Waals surface area contributed by atoms with Crippen molar-refractivity contribution in [3.63, 3.8) is 0 Å². The van der Waals surface area contributed by atoms with Crippen molar-refractivity contribution in [3.05, 3.63) is 50.7 Å². The maximum atomic E-state index is 12.2. The number of nitrogens with zero attached hydrogens (tertiary/aromatic N) is 2. The Balaban J connectivity index is 1.76. The molecule has 1 amide bonds. The minimum Gasteiger partial charge on any atom is -0.266 e. The predicted molar refractivity (Wildman–Crippen MR) is 97.7 cm³/mol. The van der Waals surface area contributed by atoms with Crippen molar-refractivity contribution < 1.29 is 4.79 Å². The Morgan fingerprint density at radius 3 is 2.78 bits per heavy atom. The molecule has 0 unspecified atom stereocenters. The number of aryl methyl sites for hydroxylation is 2. The summed E-state index contributed by atoms with van der Waals surface area (Å²) in [5.41, 5.74) is 5.46. The first-order valence-corrected chi connectivity index (χ1v) is 9.01. The summed E-state index contributed by atoms with van der Waals surface area (Å²) in [5.74, 6) is -0.168. The molecule has 2 heterocycles. The van der Waals surface area contributed by atoms with Crippen LogP contribution in [0.15, 0.2) is 35.4 Å². The molecule has 3 aromatic rings. The Hall–Kier alpha value is -2.05. The van der Waals surface area contributed by atoms with Crippen molar-refractivity contribution in [2.45, 2.75) is 27.2 Å². The van der Waals surface area contributed by atoms with Crippen molar-refractivity contribution in [3.8, 4) is 0 Å². The lowest BCUT2D eigenvalue weighted by Crippen LogP contribution is -2.18. The van der Waals surface area contributed by atoms with Gasteiger partial charge in [0.05, 0.1) is 20.8 Å². The highest BCUT2D eigenvalue weighted by Gasteiger charge is 2.12. The minimum atomic E-state index is -0.168. The van der Waals surface area contributed by atoms with Crippen LogP contribution in [0.4, 0.5) is 0 Å². The number of amides is 1. The monoisotopic (exact) mass is 343 g/mol. The van der Waals surface area contributed by atoms with E-state index in [1.165, 1.54) is 16.2 Å². The largest absolute Gasteiger partial charge is 0.281 e. The molecule has 0 aliphatic heterocycles. The molecule has 3 rings (SSSR count). The highest BCUT2D eigenvalue weighted by molar-refractivity contribution is 7.20. The highest BCUT2D eigenvalue weighted by atomic mass is 32.1. The Morgan fingerprint density at radius 1 is 1.30 bits per heavy atom. The smallest absolute Gasteiger partial charge is 0.266 e. The zero-order valence-corrected chi connectivity index (χ0v) is 14.8. The molecule has 6 heteroatoms. The summed E-state index contributed by atoms with van der Waals surface area (Å²) >= 11 is 3.10. The molecule has 23 heavy (non-hydrogen) atoms. The summed E-state index contributed by atoms with van der Waals surface area (Å²) in [6.07, 6.45) is 0.942. The number of para-hydroxylation sites is 1. The second kappa shape index (κ2) is 6.60. The third-order valence-corrected chi connectivity index (χ3v) is 6.02. The summed E-state index contributed by atoms with van der Waals surface area (Å²) < 4.78 is 1.12. The van der Waals surface area contributed by atoms with Crippen LogP contribution in [0.25, 0.3) is 10.2 Å². The van der Waals surface area contributed by atoms with E-state index in [1.54, 1.807) is 11.3 Å². The molecule has 1 N–H and O–H groups in total. The predicted octanol–water partition coefficient (Wildman–Crippen LogP) is 4.38. The molecule has 2 aromatic heterocycles. The van der Waals surface area contributed by atoms with Gasteiger partial charge in [-0.05, 0) is 44.0 Å². The lowest BCUT2D eigenvalue weighted by atomic mass is 10.2. The fraction of sp³-hybridized carbons (Fsp3) is 0.235. The van der Waals surface area contributed by atoms with Gasteiger partial charge in [-0.3, -0.25) is 4.79 Å². The van der Waals surface area contributed by atoms with Gasteiger partial charge in [0.25, 0.3) is 5.91 Å². The Labute approximate surface area is 142 Å². The van der Waals surface area contributed by atoms with E-state index in [0.717, 1.165) is 27.2 Å². The summed E-state index contributed by atoms with van der Waals surface area (Å²) in [5, 5.41) is 5.02. The molecule has 0 aliphatic carbocycles. The molecule has 0 aliphatic rings. The minimum absolute atomic E-state index is 0.168. The summed E-state index contributed by atoms with van der Waals surface area (Å²) in [4.78, 5) is 18.7. The standard InChI is InChI=1S/C17H17N3OS2/c1-4-13-10(2)9-15(22-13)16(21)20-19-11(3)17-18-12-7-5-6-8-14(12)23-17/h5-9H,4H2,1-3H3,(H,20,21)/b19-11-. The number of nitrogens with one attached hydrogen (secondary N) is 1. The zero-order chi connectivity index (χ0) is 16.4. The van der Waals surface area contributed by atoms with Crippen LogP contribution >= 0.6 is 22.7 Å². The third kappa shape index (κ3) is 3.33. The van der Waals surface area contributed by atoms with E-state index in [9.17, 15) is 4.79 Å². The van der Waals surface area contributed by atoms with E-state index in [1.807, 2.05) is 44.2 Å². The van der Waals surface area contributed by atoms with Crippen molar-refractivity contribution in [2.75, 3.05) is 0 Å². The highest BCUT2D eigenvalue weighted by Crippen LogP contribution is 2.23. The van der Waals surface area contributed by atoms with Crippen LogP contribution in [0.5, 0.6) is 0 Å². The SMILES string of the molecule is CCc1sc(C(=O)N/N=C(/C)c2nc3ccccc3s2)cc1C. The van der Waals surface area contributed by atoms with E-state index >= 15 is 0 Å². The number of carbonyl (C=O) groups excluding carboxylic acids is 1. The zero-order valence-electron chi connectivity index (χ0n) is 13.2. The van der Waals surface area contributed by atoms with E-state index in [0.29, 0.717) is 10.6 Å². The number of hydrogen-bond acceptors (Lipinski definition) is 5. The first-order chi connectivity index (χ1) is 11.1. The van der Waals surface area contributed by atoms with Crippen molar-refractivity contribution in [1.82, 2.24) is 10.4 Å². The van der Waals surface area contributed by atoms with E-state index < -0.39 is 0 Å². The molecule has 0 saturated carbocycles. The Kier molecular flexibility index (Phi) is 4.54. The molecule has 0 atom stereocenters. The topological polar surface area (TPSA) is 54.4 Å². The van der Waals surface area contributed by atoms with Gasteiger partial charge in [-0.15, -0.1) is 22.7 Å². The first-order valence-electron chi connectivity index (χ1n) is 7.38. The average molecular weight is 343 g/mol. The second-order valence-electron chi connectivity index (χ2n) is 5.20. The lowest BCUT2D eigenvalue weighted by molar-refractivity contribution is 0.0959. The van der Waals surface area contributed by atoms with Gasteiger partial charge in [0, 0.05) is 4.88 Å². The summed E-state index contributed by atoms with van der Waals surface area (Å²) in [6.45, 7) is 5.98. The fourth-order valence-corrected chi connectivity index (χ4v) is 4.16. The summed E-state index contributed by atoms with van der Waals surface area (Å²) in [6, 6.07) is 9.87. The van der Waals surface area contributed by atoms with Crippen molar-refractivity contribution >= 4 is 44.5 Å². The number of thiazole rings is 1. The van der Waals surface area contributed by atoms with Crippen molar-refractivity contribution in [1.29, 1.82) is 0 Å². The molecule has 1 aromatic carbocycles. The Morgan fingerprint density at radius 2 is 2.09 bits per heavy atom. The van der Waals surface area contributed by atoms with Gasteiger partial charge in [0.2, 0.25) is 0 Å². The van der Waals surface area contributed by atoms with Gasteiger partial charge in [-0.2, -0.15) is 5.10 Å². The van der Waals surface area contributed by atoms with Gasteiger partial charge in [0.1, 0.15) is 5.01 Å². The molecule has 0 bridgehead atoms. The van der Waals surface area contributed by atoms with Crippen LogP contribution in [-0.2, 0) is 6.42 Å². The number of carbonyl (C=O) groups is 1. The number of aromatic nitrogens is 1. The van der Waals surface area contributed by atoms with E-state index in [-0.39, 0.29) is 5.91 Å². The van der Waals surface area contributed by atoms with Crippen LogP contribution in [-0.4, -0.2) is 16.6 Å². The lowest BCUT2D eigenvalue weighted by Gasteiger charge is -1.98. The van der Waals surface area contributed by atoms with Gasteiger partial charge in [0.15, 0.2) is 0 Å². The van der Waals surface area contributed by atoms with Crippen LogP contribution in [0.1, 0.15) is 39.0 Å². The summed E-state index contributed by atoms with van der Waals surface area (Å²) in [7, 11) is 0. The Bertz CT molecular complexity index is 859. The fourth-order valence-electron chi connectivity index (χ4n) is 2.25. The van der Waals surface area contributed by atoms with Gasteiger partial charge in [-0.25, -0.2) is 10.4 Å². The van der Waals surface area contributed by atoms with Crippen LogP contribution in [0, 0.1) is 6.92 Å². The van der Waals surface area contributed by atoms with E-state index in [2.05, 4.69) is 22.4 Å². The van der Waals surface area contributed by atoms with Gasteiger partial charge >= 0.3 is 0 Å². The van der Waals surface area contributed by atoms with Crippen LogP contribution in [0.3, 0.4) is 0 Å². The average Bonchev–Trinajstić information content (AvgIpc) is 3.15. The van der Waals surface area contributed by atoms with Gasteiger partial charge in [-0.1, -0.05) is 19.1 Å². The molecule has 0 radical (unpaired) electrons. The number of fused-ring (bicyclic) bond motifs is 1. The number of benzene rings is 1. The quantitative estimate of drug-likeness (QED) is 0.564. The molecule has 118 valence electrons. The third-order valence-electron chi connectivity index (χ3n) is 3.49. The molecule has 0 saturated heterocycles. The van der Waals surface area contributed by atoms with Gasteiger partial charge < -0.3 is 0 Å². The maximum Gasteiger partial charge on any atom is 0.281 e. The second-order valence-corrected chi connectivity index (χ2v) is 7.36. The molecular weight excluding hydrogens is 326 g/mol. The number of thiophene rings is 1. The number of rotatable bonds is 4. The molecule has 0 spiro atoms. The van der Waals surface area contributed by atoms with Crippen LogP contribution in [0.2, 0.25) is 0 Å². The van der Waals surface area contributed by atoms with Crippen LogP contribution < -0.4 is 5.43 Å². The normalized spacial score (nSPS) is 11.9. The maximum absolute atomic E-state index is 12.2. The molecule has 0 fully saturated rings. The molecule has 4 nitrogen and oxygen atoms in total. The number of hydrazone groups is 1. The number of hydrogen-bond donors (Lipinski definition) is 1.